The van der Waals surface area contributed by atoms with Crippen LogP contribution in [0.15, 0.2) is 61.1 Å². The number of urea groups is 1. The Balaban J connectivity index is 1.06. The lowest BCUT2D eigenvalue weighted by molar-refractivity contribution is 0.0951. The first kappa shape index (κ1) is 17.7. The van der Waals surface area contributed by atoms with E-state index in [0.717, 1.165) is 30.8 Å². The van der Waals surface area contributed by atoms with Crippen molar-refractivity contribution in [3.63, 3.8) is 0 Å². The molecule has 2 N–H and O–H groups in total. The molecule has 3 atom stereocenters. The Bertz CT molecular complexity index is 1040. The molecule has 0 bridgehead atoms. The van der Waals surface area contributed by atoms with Crippen molar-refractivity contribution in [2.24, 2.45) is 17.8 Å². The number of fused-ring (bicyclic) bond motifs is 2. The number of aromatic nitrogens is 2. The largest absolute Gasteiger partial charge is 0.352 e. The van der Waals surface area contributed by atoms with Gasteiger partial charge in [-0.15, -0.1) is 0 Å². The standard InChI is InChI=1S/C22H23N5O2/c28-21(15-6-7-20-23-10-11-26(20)12-15)24-9-8-17-18-13-27(14-19(17)18)22(29)25-16-4-2-1-3-5-16/h1-7,10-12,17-19H,8-9,13-14H2,(H,24,28)(H,25,29)/t17-,18-,19+. The molecule has 3 aromatic rings. The second-order valence-corrected chi connectivity index (χ2v) is 7.85. The topological polar surface area (TPSA) is 78.7 Å². The normalized spacial score (nSPS) is 22.3. The van der Waals surface area contributed by atoms with E-state index >= 15 is 0 Å². The van der Waals surface area contributed by atoms with Crippen molar-refractivity contribution in [3.05, 3.63) is 66.6 Å². The van der Waals surface area contributed by atoms with Gasteiger partial charge in [0.05, 0.1) is 5.56 Å². The third-order valence-electron chi connectivity index (χ3n) is 6.10. The molecule has 2 fully saturated rings. The maximum absolute atomic E-state index is 12.4. The van der Waals surface area contributed by atoms with Crippen LogP contribution in [0.2, 0.25) is 0 Å². The summed E-state index contributed by atoms with van der Waals surface area (Å²) in [6, 6.07) is 13.2. The van der Waals surface area contributed by atoms with Gasteiger partial charge in [-0.2, -0.15) is 0 Å². The zero-order valence-electron chi connectivity index (χ0n) is 16.0. The summed E-state index contributed by atoms with van der Waals surface area (Å²) in [5.74, 6) is 1.67. The fourth-order valence-electron chi connectivity index (χ4n) is 4.48. The van der Waals surface area contributed by atoms with Gasteiger partial charge in [0, 0.05) is 43.9 Å². The van der Waals surface area contributed by atoms with E-state index in [1.54, 1.807) is 18.5 Å². The Kier molecular flexibility index (Phi) is 4.42. The van der Waals surface area contributed by atoms with Gasteiger partial charge in [0.2, 0.25) is 0 Å². The zero-order valence-corrected chi connectivity index (χ0v) is 16.0. The Hall–Kier alpha value is -3.35. The monoisotopic (exact) mass is 389 g/mol. The van der Waals surface area contributed by atoms with Gasteiger partial charge in [-0.25, -0.2) is 9.78 Å². The fourth-order valence-corrected chi connectivity index (χ4v) is 4.48. The van der Waals surface area contributed by atoms with E-state index in [1.807, 2.05) is 51.9 Å². The van der Waals surface area contributed by atoms with Gasteiger partial charge in [0.15, 0.2) is 0 Å². The Labute approximate surface area is 168 Å². The van der Waals surface area contributed by atoms with Crippen LogP contribution >= 0.6 is 0 Å². The van der Waals surface area contributed by atoms with Crippen LogP contribution in [0, 0.1) is 17.8 Å². The molecule has 1 aliphatic carbocycles. The third kappa shape index (κ3) is 3.55. The van der Waals surface area contributed by atoms with Crippen molar-refractivity contribution in [3.8, 4) is 0 Å². The van der Waals surface area contributed by atoms with Crippen LogP contribution in [0.4, 0.5) is 10.5 Å². The Morgan fingerprint density at radius 3 is 2.66 bits per heavy atom. The summed E-state index contributed by atoms with van der Waals surface area (Å²) in [6.45, 7) is 2.27. The van der Waals surface area contributed by atoms with Gasteiger partial charge in [0.1, 0.15) is 5.65 Å². The first-order valence-electron chi connectivity index (χ1n) is 10.0. The summed E-state index contributed by atoms with van der Waals surface area (Å²) in [4.78, 5) is 30.8. The maximum Gasteiger partial charge on any atom is 0.321 e. The van der Waals surface area contributed by atoms with E-state index in [0.29, 0.717) is 29.9 Å². The predicted molar refractivity (Wildman–Crippen MR) is 110 cm³/mol. The highest BCUT2D eigenvalue weighted by Crippen LogP contribution is 2.53. The highest BCUT2D eigenvalue weighted by Gasteiger charge is 2.55. The molecule has 148 valence electrons. The van der Waals surface area contributed by atoms with Crippen molar-refractivity contribution in [2.75, 3.05) is 25.0 Å². The van der Waals surface area contributed by atoms with Crippen LogP contribution in [0.25, 0.3) is 5.65 Å². The number of nitrogens with one attached hydrogen (secondary N) is 2. The lowest BCUT2D eigenvalue weighted by Gasteiger charge is -2.20. The molecule has 1 saturated carbocycles. The number of piperidine rings is 1. The molecule has 2 aliphatic rings. The number of para-hydroxylation sites is 1. The summed E-state index contributed by atoms with van der Waals surface area (Å²) < 4.78 is 1.84. The number of pyridine rings is 1. The summed E-state index contributed by atoms with van der Waals surface area (Å²) in [5, 5.41) is 5.97. The molecule has 0 spiro atoms. The molecule has 29 heavy (non-hydrogen) atoms. The van der Waals surface area contributed by atoms with E-state index in [1.165, 1.54) is 0 Å². The zero-order chi connectivity index (χ0) is 19.8. The highest BCUT2D eigenvalue weighted by atomic mass is 16.2. The molecule has 3 amide bonds. The number of hydrogen-bond acceptors (Lipinski definition) is 3. The van der Waals surface area contributed by atoms with Crippen molar-refractivity contribution in [1.82, 2.24) is 19.6 Å². The average molecular weight is 389 g/mol. The highest BCUT2D eigenvalue weighted by molar-refractivity contribution is 5.94. The lowest BCUT2D eigenvalue weighted by Crippen LogP contribution is -2.35. The Morgan fingerprint density at radius 1 is 1.07 bits per heavy atom. The van der Waals surface area contributed by atoms with Gasteiger partial charge < -0.3 is 19.9 Å². The van der Waals surface area contributed by atoms with E-state index in [9.17, 15) is 9.59 Å². The van der Waals surface area contributed by atoms with Crippen LogP contribution in [-0.4, -0.2) is 45.9 Å². The number of likely N-dealkylation sites (tertiary alicyclic amines) is 1. The number of carbonyl (C=O) groups is 2. The third-order valence-corrected chi connectivity index (χ3v) is 6.10. The Morgan fingerprint density at radius 2 is 1.86 bits per heavy atom. The smallest absolute Gasteiger partial charge is 0.321 e. The molecule has 1 saturated heterocycles. The van der Waals surface area contributed by atoms with E-state index in [4.69, 9.17) is 0 Å². The number of amides is 3. The summed E-state index contributed by atoms with van der Waals surface area (Å²) in [5.41, 5.74) is 2.29. The number of benzene rings is 1. The van der Waals surface area contributed by atoms with Gasteiger partial charge in [-0.3, -0.25) is 4.79 Å². The van der Waals surface area contributed by atoms with Crippen molar-refractivity contribution in [1.29, 1.82) is 0 Å². The van der Waals surface area contributed by atoms with Gasteiger partial charge >= 0.3 is 6.03 Å². The number of carbonyl (C=O) groups excluding carboxylic acids is 2. The van der Waals surface area contributed by atoms with Crippen LogP contribution < -0.4 is 10.6 Å². The maximum atomic E-state index is 12.4. The predicted octanol–water partition coefficient (Wildman–Crippen LogP) is 2.86. The summed E-state index contributed by atoms with van der Waals surface area (Å²) in [7, 11) is 0. The van der Waals surface area contributed by atoms with Gasteiger partial charge in [-0.1, -0.05) is 18.2 Å². The average Bonchev–Trinajstić information content (AvgIpc) is 3.11. The van der Waals surface area contributed by atoms with Crippen LogP contribution in [0.3, 0.4) is 0 Å². The summed E-state index contributed by atoms with van der Waals surface area (Å²) in [6.07, 6.45) is 6.30. The molecule has 0 radical (unpaired) electrons. The van der Waals surface area contributed by atoms with Crippen molar-refractivity contribution >= 4 is 23.3 Å². The van der Waals surface area contributed by atoms with E-state index in [-0.39, 0.29) is 11.9 Å². The van der Waals surface area contributed by atoms with Crippen molar-refractivity contribution < 1.29 is 9.59 Å². The van der Waals surface area contributed by atoms with Crippen LogP contribution in [0.5, 0.6) is 0 Å². The van der Waals surface area contributed by atoms with Gasteiger partial charge in [-0.05, 0) is 48.4 Å². The quantitative estimate of drug-likeness (QED) is 0.704. The van der Waals surface area contributed by atoms with Crippen LogP contribution in [-0.2, 0) is 0 Å². The lowest BCUT2D eigenvalue weighted by atomic mass is 10.2. The minimum atomic E-state index is -0.0599. The summed E-state index contributed by atoms with van der Waals surface area (Å²) >= 11 is 0. The molecule has 7 nitrogen and oxygen atoms in total. The molecule has 1 aromatic carbocycles. The molecule has 5 rings (SSSR count). The number of imidazole rings is 1. The van der Waals surface area contributed by atoms with Crippen LogP contribution in [0.1, 0.15) is 16.8 Å². The minimum Gasteiger partial charge on any atom is -0.352 e. The second-order valence-electron chi connectivity index (χ2n) is 7.85. The first-order valence-corrected chi connectivity index (χ1v) is 10.0. The molecule has 0 unspecified atom stereocenters. The molecule has 2 aromatic heterocycles. The number of hydrogen-bond donors (Lipinski definition) is 2. The molecule has 7 heteroatoms. The first-order chi connectivity index (χ1) is 14.2. The number of anilines is 1. The fraction of sp³-hybridized carbons (Fsp3) is 0.318. The molecule has 1 aliphatic heterocycles. The second kappa shape index (κ2) is 7.24. The number of rotatable bonds is 5. The molecule has 3 heterocycles. The van der Waals surface area contributed by atoms with Crippen molar-refractivity contribution in [2.45, 2.75) is 6.42 Å². The molecular formula is C22H23N5O2. The van der Waals surface area contributed by atoms with E-state index in [2.05, 4.69) is 15.6 Å². The van der Waals surface area contributed by atoms with E-state index < -0.39 is 0 Å². The minimum absolute atomic E-state index is 0.0228. The molecular weight excluding hydrogens is 366 g/mol. The number of nitrogens with zero attached hydrogens (tertiary/aromatic N) is 3. The SMILES string of the molecule is O=C(NCC[C@@H]1[C@H]2CN(C(=O)Nc3ccccc3)C[C@@H]12)c1ccc2nccn2c1. The van der Waals surface area contributed by atoms with Gasteiger partial charge in [0.25, 0.3) is 5.91 Å².